The first-order valence-corrected chi connectivity index (χ1v) is 24.2. The van der Waals surface area contributed by atoms with Gasteiger partial charge in [-0.1, -0.05) is 82.2 Å². The van der Waals surface area contributed by atoms with E-state index in [1.54, 1.807) is 79.7 Å². The Morgan fingerprint density at radius 2 is 0.732 bits per heavy atom. The van der Waals surface area contributed by atoms with Crippen LogP contribution in [-0.2, 0) is 32.5 Å². The number of primary amides is 1. The second-order valence-electron chi connectivity index (χ2n) is 16.6. The van der Waals surface area contributed by atoms with Crippen molar-refractivity contribution >= 4 is 70.3 Å². The van der Waals surface area contributed by atoms with Crippen molar-refractivity contribution in [3.63, 3.8) is 0 Å². The van der Waals surface area contributed by atoms with Crippen LogP contribution in [0.2, 0.25) is 0 Å². The molecule has 0 atom stereocenters. The van der Waals surface area contributed by atoms with Crippen molar-refractivity contribution in [2.75, 3.05) is 45.0 Å². The number of benzene rings is 4. The summed E-state index contributed by atoms with van der Waals surface area (Å²) >= 11 is 0. The van der Waals surface area contributed by atoms with Gasteiger partial charge in [-0.3, -0.25) is 0 Å². The molecule has 0 radical (unpaired) electrons. The van der Waals surface area contributed by atoms with E-state index >= 15 is 0 Å². The van der Waals surface area contributed by atoms with Gasteiger partial charge >= 0.3 is 36.2 Å². The number of anilines is 6. The van der Waals surface area contributed by atoms with Gasteiger partial charge in [0.05, 0.1) is 34.1 Å². The predicted molar refractivity (Wildman–Crippen MR) is 286 cm³/mol. The molecule has 0 saturated carbocycles. The standard InChI is InChI=1S/C53H72N12O6/c1-10-32(7)35(12-3)38(33(8)11-2)28-56-50(68)63-46-26-20-21-27-47(46)64-52(70)58-30-40-34(9)39(29-57-51(69)62-43-23-17-16-22-42(43)60-48(54)66)36(13-4)41(37(40)14-5)31-59-53(71)65-45-25-19-18-24-44(45)61-49(67)55-15-6/h16-27H,10-15,28-31H2,1-9H3,(H3,54,60,66)(H2,55,61,67)(H2,56,63,68)(H2,57,62,69)(H2,58,64,70)(H2,59,65,71)/b35-32+,38-33+. The number of allylic oxidation sites excluding steroid dienone is 2. The van der Waals surface area contributed by atoms with Gasteiger partial charge in [-0.15, -0.1) is 0 Å². The molecule has 18 heteroatoms. The number of hydrogen-bond donors (Lipinski definition) is 12. The molecule has 12 amide bonds. The lowest BCUT2D eigenvalue weighted by Crippen LogP contribution is -2.34. The van der Waals surface area contributed by atoms with Crippen LogP contribution in [0, 0.1) is 6.92 Å². The minimum Gasteiger partial charge on any atom is -0.351 e. The molecule has 0 aliphatic rings. The molecule has 0 bridgehead atoms. The number of hydrogen-bond acceptors (Lipinski definition) is 6. The number of nitrogens with two attached hydrogens (primary N) is 1. The Morgan fingerprint density at radius 1 is 0.408 bits per heavy atom. The minimum atomic E-state index is -0.784. The lowest BCUT2D eigenvalue weighted by molar-refractivity contribution is 0.251. The summed E-state index contributed by atoms with van der Waals surface area (Å²) in [5, 5.41) is 31.3. The van der Waals surface area contributed by atoms with Crippen molar-refractivity contribution in [2.24, 2.45) is 5.73 Å². The zero-order chi connectivity index (χ0) is 52.0. The van der Waals surface area contributed by atoms with Gasteiger partial charge in [0.2, 0.25) is 0 Å². The summed E-state index contributed by atoms with van der Waals surface area (Å²) in [5.41, 5.74) is 17.5. The van der Waals surface area contributed by atoms with Crippen molar-refractivity contribution in [3.05, 3.63) is 128 Å². The molecule has 0 aromatic heterocycles. The topological polar surface area (TPSA) is 261 Å². The second kappa shape index (κ2) is 27.8. The van der Waals surface area contributed by atoms with Crippen LogP contribution in [0.1, 0.15) is 108 Å². The molecule has 0 unspecified atom stereocenters. The molecule has 4 rings (SSSR count). The first-order chi connectivity index (χ1) is 34.1. The Balaban J connectivity index is 1.61. The molecule has 13 N–H and O–H groups in total. The van der Waals surface area contributed by atoms with E-state index in [4.69, 9.17) is 5.73 Å². The molecule has 18 nitrogen and oxygen atoms in total. The van der Waals surface area contributed by atoms with E-state index in [2.05, 4.69) is 93.1 Å². The van der Waals surface area contributed by atoms with Gasteiger partial charge in [-0.2, -0.15) is 0 Å². The average Bonchev–Trinajstić information content (AvgIpc) is 3.34. The van der Waals surface area contributed by atoms with E-state index in [1.165, 1.54) is 16.7 Å². The van der Waals surface area contributed by atoms with Crippen LogP contribution in [0.4, 0.5) is 62.9 Å². The number of nitrogens with one attached hydrogen (secondary N) is 11. The number of carbonyl (C=O) groups is 6. The zero-order valence-corrected chi connectivity index (χ0v) is 42.5. The molecule has 0 spiro atoms. The second-order valence-corrected chi connectivity index (χ2v) is 16.6. The molecule has 0 aliphatic carbocycles. The normalized spacial score (nSPS) is 11.5. The smallest absolute Gasteiger partial charge is 0.319 e. The molecule has 0 saturated heterocycles. The van der Waals surface area contributed by atoms with Crippen LogP contribution in [0.5, 0.6) is 0 Å². The zero-order valence-electron chi connectivity index (χ0n) is 42.5. The van der Waals surface area contributed by atoms with Crippen LogP contribution >= 0.6 is 0 Å². The summed E-state index contributed by atoms with van der Waals surface area (Å²) < 4.78 is 0. The van der Waals surface area contributed by atoms with Crippen LogP contribution in [0.3, 0.4) is 0 Å². The summed E-state index contributed by atoms with van der Waals surface area (Å²) in [6, 6.07) is 17.2. The Hall–Kier alpha value is -8.02. The van der Waals surface area contributed by atoms with Gasteiger partial charge in [0, 0.05) is 32.7 Å². The highest BCUT2D eigenvalue weighted by Gasteiger charge is 2.23. The lowest BCUT2D eigenvalue weighted by atomic mass is 9.84. The van der Waals surface area contributed by atoms with E-state index in [0.29, 0.717) is 60.1 Å². The molecular weight excluding hydrogens is 901 g/mol. The summed E-state index contributed by atoms with van der Waals surface area (Å²) in [7, 11) is 0. The van der Waals surface area contributed by atoms with E-state index in [0.717, 1.165) is 58.2 Å². The van der Waals surface area contributed by atoms with E-state index in [1.807, 2.05) is 20.8 Å². The molecule has 4 aromatic carbocycles. The van der Waals surface area contributed by atoms with Gasteiger partial charge in [0.15, 0.2) is 0 Å². The summed E-state index contributed by atoms with van der Waals surface area (Å²) in [6.07, 6.45) is 3.70. The fraction of sp³-hybridized carbons (Fsp3) is 0.358. The maximum atomic E-state index is 13.8. The van der Waals surface area contributed by atoms with E-state index < -0.39 is 36.2 Å². The fourth-order valence-electron chi connectivity index (χ4n) is 8.35. The number of amides is 12. The maximum absolute atomic E-state index is 13.8. The number of rotatable bonds is 21. The Labute approximate surface area is 417 Å². The number of carbonyl (C=O) groups excluding carboxylic acids is 6. The molecule has 0 aliphatic heterocycles. The van der Waals surface area contributed by atoms with Gasteiger partial charge in [-0.25, -0.2) is 28.8 Å². The largest absolute Gasteiger partial charge is 0.351 e. The minimum absolute atomic E-state index is 0.0676. The van der Waals surface area contributed by atoms with Crippen molar-refractivity contribution in [1.82, 2.24) is 26.6 Å². The van der Waals surface area contributed by atoms with Crippen molar-refractivity contribution < 1.29 is 28.8 Å². The van der Waals surface area contributed by atoms with Gasteiger partial charge < -0.3 is 64.2 Å². The first-order valence-electron chi connectivity index (χ1n) is 24.2. The third kappa shape index (κ3) is 16.0. The quantitative estimate of drug-likeness (QED) is 0.0361. The number of para-hydroxylation sites is 6. The first kappa shape index (κ1) is 55.6. The highest BCUT2D eigenvalue weighted by Crippen LogP contribution is 2.31. The third-order valence-electron chi connectivity index (χ3n) is 12.2. The Bertz CT molecular complexity index is 2620. The predicted octanol–water partition coefficient (Wildman–Crippen LogP) is 10.7. The summed E-state index contributed by atoms with van der Waals surface area (Å²) in [6.45, 7) is 19.3. The molecule has 0 heterocycles. The summed E-state index contributed by atoms with van der Waals surface area (Å²) in [4.78, 5) is 78.2. The fourth-order valence-corrected chi connectivity index (χ4v) is 8.35. The molecule has 71 heavy (non-hydrogen) atoms. The highest BCUT2D eigenvalue weighted by atomic mass is 16.2. The lowest BCUT2D eigenvalue weighted by Gasteiger charge is -2.26. The molecular formula is C53H72N12O6. The van der Waals surface area contributed by atoms with E-state index in [9.17, 15) is 28.8 Å². The van der Waals surface area contributed by atoms with E-state index in [-0.39, 0.29) is 19.6 Å². The molecule has 0 fully saturated rings. The monoisotopic (exact) mass is 973 g/mol. The highest BCUT2D eigenvalue weighted by molar-refractivity contribution is 6.00. The Morgan fingerprint density at radius 3 is 1.06 bits per heavy atom. The van der Waals surface area contributed by atoms with Crippen LogP contribution in [-0.4, -0.2) is 49.3 Å². The molecule has 4 aromatic rings. The van der Waals surface area contributed by atoms with Gasteiger partial charge in [0.1, 0.15) is 0 Å². The number of urea groups is 6. The maximum Gasteiger partial charge on any atom is 0.319 e. The average molecular weight is 973 g/mol. The summed E-state index contributed by atoms with van der Waals surface area (Å²) in [5.74, 6) is 0. The van der Waals surface area contributed by atoms with Crippen LogP contribution in [0.15, 0.2) is 95.1 Å². The Kier molecular flexibility index (Phi) is 21.8. The van der Waals surface area contributed by atoms with Crippen LogP contribution in [0.25, 0.3) is 0 Å². The van der Waals surface area contributed by atoms with Crippen molar-refractivity contribution in [1.29, 1.82) is 0 Å². The van der Waals surface area contributed by atoms with Crippen LogP contribution < -0.4 is 64.2 Å². The van der Waals surface area contributed by atoms with Crippen molar-refractivity contribution in [3.8, 4) is 0 Å². The van der Waals surface area contributed by atoms with Gasteiger partial charge in [-0.05, 0) is 141 Å². The third-order valence-corrected chi connectivity index (χ3v) is 12.2. The van der Waals surface area contributed by atoms with Gasteiger partial charge in [0.25, 0.3) is 0 Å². The SMILES string of the molecule is CCNC(=O)Nc1ccccc1NC(=O)NCc1c(CC)c(CNC(=O)Nc2ccccc2NC(N)=O)c(C)c(CNC(=O)Nc2ccccc2NC(=O)NCC(=C(/C)CC)/C(CC)=C(\C)CC)c1CC. The van der Waals surface area contributed by atoms with Crippen molar-refractivity contribution in [2.45, 2.75) is 114 Å². The molecule has 380 valence electrons.